The lowest BCUT2D eigenvalue weighted by Crippen LogP contribution is -2.16. The van der Waals surface area contributed by atoms with Crippen molar-refractivity contribution < 1.29 is 13.6 Å². The number of hydrogen-bond donors (Lipinski definition) is 0. The second-order valence-electron chi connectivity index (χ2n) is 5.07. The quantitative estimate of drug-likeness (QED) is 0.520. The highest BCUT2D eigenvalue weighted by Gasteiger charge is 2.22. The summed E-state index contributed by atoms with van der Waals surface area (Å²) in [4.78, 5) is 12.4. The van der Waals surface area contributed by atoms with Crippen molar-refractivity contribution in [3.63, 3.8) is 0 Å². The summed E-state index contributed by atoms with van der Waals surface area (Å²) in [6, 6.07) is 12.4. The van der Waals surface area contributed by atoms with E-state index in [1.54, 1.807) is 17.8 Å². The van der Waals surface area contributed by atoms with Crippen molar-refractivity contribution in [3.8, 4) is 5.69 Å². The Hall–Kier alpha value is -2.54. The summed E-state index contributed by atoms with van der Waals surface area (Å²) < 4.78 is 28.5. The van der Waals surface area contributed by atoms with Crippen molar-refractivity contribution in [2.24, 2.45) is 0 Å². The van der Waals surface area contributed by atoms with Crippen LogP contribution < -0.4 is 0 Å². The molecule has 0 aliphatic rings. The smallest absolute Gasteiger partial charge is 0.196 e. The van der Waals surface area contributed by atoms with Crippen LogP contribution in [-0.2, 0) is 0 Å². The fraction of sp³-hybridized carbons (Fsp3) is 0.118. The van der Waals surface area contributed by atoms with E-state index >= 15 is 0 Å². The Kier molecular flexibility index (Phi) is 4.71. The molecule has 3 rings (SSSR count). The third-order valence-electron chi connectivity index (χ3n) is 3.40. The Morgan fingerprint density at radius 1 is 1.17 bits per heavy atom. The van der Waals surface area contributed by atoms with Gasteiger partial charge in [0.25, 0.3) is 0 Å². The second kappa shape index (κ2) is 6.92. The fourth-order valence-electron chi connectivity index (χ4n) is 2.19. The van der Waals surface area contributed by atoms with Gasteiger partial charge in [-0.25, -0.2) is 8.78 Å². The molecule has 4 nitrogen and oxygen atoms in total. The molecule has 24 heavy (non-hydrogen) atoms. The number of halogens is 2. The van der Waals surface area contributed by atoms with E-state index in [0.29, 0.717) is 11.2 Å². The van der Waals surface area contributed by atoms with Gasteiger partial charge in [0.15, 0.2) is 10.9 Å². The van der Waals surface area contributed by atoms with Gasteiger partial charge in [-0.05, 0) is 31.2 Å². The lowest BCUT2D eigenvalue weighted by molar-refractivity contribution is 0.0990. The van der Waals surface area contributed by atoms with Gasteiger partial charge in [0, 0.05) is 11.8 Å². The SMILES string of the molecule is CC(Sc1nncn1-c1ccccc1)C(=O)c1ccc(F)cc1F. The van der Waals surface area contributed by atoms with E-state index in [1.807, 2.05) is 30.3 Å². The van der Waals surface area contributed by atoms with E-state index in [-0.39, 0.29) is 5.56 Å². The first-order valence-corrected chi connectivity index (χ1v) is 8.05. The molecule has 3 aromatic rings. The Morgan fingerprint density at radius 2 is 1.92 bits per heavy atom. The highest BCUT2D eigenvalue weighted by molar-refractivity contribution is 8.00. The maximum absolute atomic E-state index is 13.8. The number of ketones is 1. The van der Waals surface area contributed by atoms with Gasteiger partial charge in [0.2, 0.25) is 0 Å². The number of thioether (sulfide) groups is 1. The van der Waals surface area contributed by atoms with Crippen LogP contribution in [0, 0.1) is 11.6 Å². The number of hydrogen-bond acceptors (Lipinski definition) is 4. The third kappa shape index (κ3) is 3.35. The maximum atomic E-state index is 13.8. The average Bonchev–Trinajstić information content (AvgIpc) is 3.03. The molecule has 0 N–H and O–H groups in total. The zero-order valence-corrected chi connectivity index (χ0v) is 13.5. The number of carbonyl (C=O) groups is 1. The van der Waals surface area contributed by atoms with Crippen molar-refractivity contribution in [2.45, 2.75) is 17.3 Å². The van der Waals surface area contributed by atoms with Crippen molar-refractivity contribution in [3.05, 3.63) is 72.1 Å². The molecule has 1 atom stereocenters. The van der Waals surface area contributed by atoms with Crippen LogP contribution in [0.4, 0.5) is 8.78 Å². The number of Topliss-reactive ketones (excluding diaryl/α,β-unsaturated/α-hetero) is 1. The Labute approximate surface area is 141 Å². The molecule has 0 amide bonds. The maximum Gasteiger partial charge on any atom is 0.196 e. The van der Waals surface area contributed by atoms with E-state index in [9.17, 15) is 13.6 Å². The molecule has 0 bridgehead atoms. The Bertz CT molecular complexity index is 867. The third-order valence-corrected chi connectivity index (χ3v) is 4.46. The fourth-order valence-corrected chi connectivity index (χ4v) is 3.10. The molecule has 0 aliphatic carbocycles. The molecule has 2 aromatic carbocycles. The van der Waals surface area contributed by atoms with Crippen LogP contribution in [0.25, 0.3) is 5.69 Å². The number of carbonyl (C=O) groups excluding carboxylic acids is 1. The summed E-state index contributed by atoms with van der Waals surface area (Å²) in [5.74, 6) is -2.01. The van der Waals surface area contributed by atoms with Crippen molar-refractivity contribution in [1.82, 2.24) is 14.8 Å². The average molecular weight is 345 g/mol. The van der Waals surface area contributed by atoms with Gasteiger partial charge >= 0.3 is 0 Å². The summed E-state index contributed by atoms with van der Waals surface area (Å²) in [7, 11) is 0. The van der Waals surface area contributed by atoms with E-state index in [2.05, 4.69) is 10.2 Å². The highest BCUT2D eigenvalue weighted by Crippen LogP contribution is 2.26. The van der Waals surface area contributed by atoms with Crippen molar-refractivity contribution in [1.29, 1.82) is 0 Å². The zero-order chi connectivity index (χ0) is 17.1. The standard InChI is InChI=1S/C17H13F2N3OS/c1-11(16(23)14-8-7-12(18)9-15(14)19)24-17-21-20-10-22(17)13-5-3-2-4-6-13/h2-11H,1H3. The Morgan fingerprint density at radius 3 is 2.62 bits per heavy atom. The number of benzene rings is 2. The summed E-state index contributed by atoms with van der Waals surface area (Å²) in [5, 5.41) is 7.80. The Balaban J connectivity index is 1.82. The molecule has 0 saturated carbocycles. The van der Waals surface area contributed by atoms with Crippen LogP contribution in [0.3, 0.4) is 0 Å². The summed E-state index contributed by atoms with van der Waals surface area (Å²) in [6.45, 7) is 1.65. The van der Waals surface area contributed by atoms with Crippen LogP contribution >= 0.6 is 11.8 Å². The molecule has 1 aromatic heterocycles. The van der Waals surface area contributed by atoms with E-state index in [4.69, 9.17) is 0 Å². The van der Waals surface area contributed by atoms with Gasteiger partial charge in [-0.15, -0.1) is 10.2 Å². The van der Waals surface area contributed by atoms with Crippen molar-refractivity contribution >= 4 is 17.5 Å². The monoisotopic (exact) mass is 345 g/mol. The molecule has 0 radical (unpaired) electrons. The lowest BCUT2D eigenvalue weighted by Gasteiger charge is -2.11. The normalized spacial score (nSPS) is 12.1. The summed E-state index contributed by atoms with van der Waals surface area (Å²) >= 11 is 1.17. The van der Waals surface area contributed by atoms with Crippen molar-refractivity contribution in [2.75, 3.05) is 0 Å². The first kappa shape index (κ1) is 16.3. The molecule has 122 valence electrons. The highest BCUT2D eigenvalue weighted by atomic mass is 32.2. The molecule has 0 saturated heterocycles. The number of nitrogens with zero attached hydrogens (tertiary/aromatic N) is 3. The van der Waals surface area contributed by atoms with Crippen LogP contribution in [0.2, 0.25) is 0 Å². The number of aromatic nitrogens is 3. The van der Waals surface area contributed by atoms with Gasteiger partial charge in [-0.3, -0.25) is 9.36 Å². The lowest BCUT2D eigenvalue weighted by atomic mass is 10.1. The van der Waals surface area contributed by atoms with Gasteiger partial charge in [0.1, 0.15) is 18.0 Å². The minimum absolute atomic E-state index is 0.137. The molecule has 0 spiro atoms. The molecule has 7 heteroatoms. The molecular weight excluding hydrogens is 332 g/mol. The van der Waals surface area contributed by atoms with Gasteiger partial charge in [0.05, 0.1) is 10.8 Å². The van der Waals surface area contributed by atoms with Crippen LogP contribution in [0.15, 0.2) is 60.0 Å². The van der Waals surface area contributed by atoms with Gasteiger partial charge in [-0.1, -0.05) is 30.0 Å². The van der Waals surface area contributed by atoms with E-state index in [0.717, 1.165) is 17.8 Å². The molecule has 0 aliphatic heterocycles. The minimum atomic E-state index is -0.864. The molecule has 0 fully saturated rings. The van der Waals surface area contributed by atoms with E-state index < -0.39 is 22.7 Å². The van der Waals surface area contributed by atoms with Gasteiger partial charge in [-0.2, -0.15) is 0 Å². The molecular formula is C17H13F2N3OS. The minimum Gasteiger partial charge on any atom is -0.293 e. The molecule has 1 heterocycles. The largest absolute Gasteiger partial charge is 0.293 e. The number of rotatable bonds is 5. The first-order valence-electron chi connectivity index (χ1n) is 7.17. The van der Waals surface area contributed by atoms with Crippen LogP contribution in [0.1, 0.15) is 17.3 Å². The van der Waals surface area contributed by atoms with Crippen LogP contribution in [-0.4, -0.2) is 25.8 Å². The summed E-state index contributed by atoms with van der Waals surface area (Å²) in [6.07, 6.45) is 1.55. The topological polar surface area (TPSA) is 47.8 Å². The van der Waals surface area contributed by atoms with Crippen LogP contribution in [0.5, 0.6) is 0 Å². The van der Waals surface area contributed by atoms with E-state index in [1.165, 1.54) is 11.8 Å². The predicted molar refractivity (Wildman–Crippen MR) is 87.4 cm³/mol. The second-order valence-corrected chi connectivity index (χ2v) is 6.38. The number of para-hydroxylation sites is 1. The zero-order valence-electron chi connectivity index (χ0n) is 12.7. The predicted octanol–water partition coefficient (Wildman–Crippen LogP) is 3.91. The van der Waals surface area contributed by atoms with Gasteiger partial charge < -0.3 is 0 Å². The summed E-state index contributed by atoms with van der Waals surface area (Å²) in [5.41, 5.74) is 0.722. The first-order chi connectivity index (χ1) is 11.6. The molecule has 1 unspecified atom stereocenters.